The molecule has 0 aliphatic heterocycles. The Kier molecular flexibility index (Phi) is 3.88. The molecule has 3 rings (SSSR count). The zero-order valence-electron chi connectivity index (χ0n) is 11.5. The lowest BCUT2D eigenvalue weighted by atomic mass is 9.78. The number of hydrogen-bond acceptors (Lipinski definition) is 2. The number of nitrogens with one attached hydrogen (secondary N) is 1. The van der Waals surface area contributed by atoms with Gasteiger partial charge in [0.05, 0.1) is 12.0 Å². The van der Waals surface area contributed by atoms with Gasteiger partial charge in [0, 0.05) is 4.88 Å². The fourth-order valence-electron chi connectivity index (χ4n) is 3.13. The van der Waals surface area contributed by atoms with Crippen LogP contribution in [0.5, 0.6) is 0 Å². The average molecular weight is 285 g/mol. The van der Waals surface area contributed by atoms with Gasteiger partial charge in [-0.2, -0.15) is 0 Å². The summed E-state index contributed by atoms with van der Waals surface area (Å²) in [6.07, 6.45) is 4.21. The molecule has 0 atom stereocenters. The van der Waals surface area contributed by atoms with Crippen LogP contribution in [-0.4, -0.2) is 5.91 Å². The van der Waals surface area contributed by atoms with E-state index in [1.165, 1.54) is 10.4 Å². The van der Waals surface area contributed by atoms with Crippen molar-refractivity contribution < 1.29 is 4.79 Å². The lowest BCUT2D eigenvalue weighted by Crippen LogP contribution is -2.42. The van der Waals surface area contributed by atoms with Gasteiger partial charge in [0.25, 0.3) is 0 Å². The van der Waals surface area contributed by atoms with Gasteiger partial charge in [-0.3, -0.25) is 4.79 Å². The van der Waals surface area contributed by atoms with Crippen LogP contribution in [0.15, 0.2) is 47.8 Å². The van der Waals surface area contributed by atoms with E-state index in [1.54, 1.807) is 11.3 Å². The third-order valence-electron chi connectivity index (χ3n) is 4.22. The van der Waals surface area contributed by atoms with Gasteiger partial charge in [-0.15, -0.1) is 11.3 Å². The van der Waals surface area contributed by atoms with Gasteiger partial charge in [-0.05, 0) is 29.9 Å². The van der Waals surface area contributed by atoms with Gasteiger partial charge in [-0.25, -0.2) is 0 Å². The number of carbonyl (C=O) groups excluding carboxylic acids is 1. The summed E-state index contributed by atoms with van der Waals surface area (Å²) in [5, 5.41) is 5.18. The first kappa shape index (κ1) is 13.4. The van der Waals surface area contributed by atoms with E-state index in [4.69, 9.17) is 0 Å². The van der Waals surface area contributed by atoms with E-state index in [0.29, 0.717) is 6.54 Å². The van der Waals surface area contributed by atoms with Gasteiger partial charge >= 0.3 is 0 Å². The summed E-state index contributed by atoms with van der Waals surface area (Å²) >= 11 is 1.69. The first-order valence-corrected chi connectivity index (χ1v) is 8.05. The summed E-state index contributed by atoms with van der Waals surface area (Å²) in [7, 11) is 0. The quantitative estimate of drug-likeness (QED) is 0.907. The van der Waals surface area contributed by atoms with Crippen molar-refractivity contribution in [3.8, 4) is 0 Å². The monoisotopic (exact) mass is 285 g/mol. The van der Waals surface area contributed by atoms with E-state index in [0.717, 1.165) is 25.7 Å². The van der Waals surface area contributed by atoms with E-state index in [2.05, 4.69) is 23.5 Å². The second-order valence-electron chi connectivity index (χ2n) is 5.42. The molecule has 1 aliphatic carbocycles. The Labute approximate surface area is 123 Å². The molecule has 1 fully saturated rings. The summed E-state index contributed by atoms with van der Waals surface area (Å²) in [4.78, 5) is 14.0. The Morgan fingerprint density at radius 1 is 1.10 bits per heavy atom. The minimum atomic E-state index is -0.307. The minimum absolute atomic E-state index is 0.189. The zero-order chi connectivity index (χ0) is 13.8. The standard InChI is InChI=1S/C17H19NOS/c19-16(18-13-15-9-6-12-20-15)17(10-4-5-11-17)14-7-2-1-3-8-14/h1-3,6-9,12H,4-5,10-11,13H2,(H,18,19). The van der Waals surface area contributed by atoms with Gasteiger partial charge in [0.1, 0.15) is 0 Å². The van der Waals surface area contributed by atoms with Crippen molar-refractivity contribution in [3.05, 3.63) is 58.3 Å². The van der Waals surface area contributed by atoms with Crippen LogP contribution in [0.3, 0.4) is 0 Å². The fraction of sp³-hybridized carbons (Fsp3) is 0.353. The lowest BCUT2D eigenvalue weighted by Gasteiger charge is -2.28. The smallest absolute Gasteiger partial charge is 0.230 e. The van der Waals surface area contributed by atoms with Crippen LogP contribution in [0.25, 0.3) is 0 Å². The number of hydrogen-bond donors (Lipinski definition) is 1. The molecule has 1 amide bonds. The molecule has 3 heteroatoms. The molecule has 0 bridgehead atoms. The summed E-state index contributed by atoms with van der Waals surface area (Å²) < 4.78 is 0. The molecular weight excluding hydrogens is 266 g/mol. The molecule has 20 heavy (non-hydrogen) atoms. The minimum Gasteiger partial charge on any atom is -0.350 e. The molecule has 0 saturated heterocycles. The Morgan fingerprint density at radius 3 is 2.50 bits per heavy atom. The van der Waals surface area contributed by atoms with Gasteiger partial charge in [0.2, 0.25) is 5.91 Å². The second-order valence-corrected chi connectivity index (χ2v) is 6.45. The van der Waals surface area contributed by atoms with Crippen LogP contribution in [-0.2, 0) is 16.8 Å². The van der Waals surface area contributed by atoms with Crippen molar-refractivity contribution in [1.82, 2.24) is 5.32 Å². The first-order chi connectivity index (χ1) is 9.81. The summed E-state index contributed by atoms with van der Waals surface area (Å²) in [5.74, 6) is 0.189. The van der Waals surface area contributed by atoms with E-state index in [9.17, 15) is 4.79 Å². The summed E-state index contributed by atoms with van der Waals surface area (Å²) in [6.45, 7) is 0.644. The highest BCUT2D eigenvalue weighted by atomic mass is 32.1. The van der Waals surface area contributed by atoms with Crippen LogP contribution in [0.2, 0.25) is 0 Å². The van der Waals surface area contributed by atoms with E-state index >= 15 is 0 Å². The average Bonchev–Trinajstić information content (AvgIpc) is 3.18. The van der Waals surface area contributed by atoms with Crippen LogP contribution < -0.4 is 5.32 Å². The maximum absolute atomic E-state index is 12.8. The van der Waals surface area contributed by atoms with E-state index in [1.807, 2.05) is 29.6 Å². The molecule has 104 valence electrons. The Bertz CT molecular complexity index is 556. The zero-order valence-corrected chi connectivity index (χ0v) is 12.3. The van der Waals surface area contributed by atoms with Crippen LogP contribution in [0.1, 0.15) is 36.1 Å². The molecule has 1 saturated carbocycles. The van der Waals surface area contributed by atoms with Crippen LogP contribution in [0, 0.1) is 0 Å². The third kappa shape index (κ3) is 2.50. The Balaban J connectivity index is 1.78. The van der Waals surface area contributed by atoms with Gasteiger partial charge < -0.3 is 5.32 Å². The molecule has 1 aromatic heterocycles. The van der Waals surface area contributed by atoms with Crippen molar-refractivity contribution >= 4 is 17.2 Å². The third-order valence-corrected chi connectivity index (χ3v) is 5.10. The van der Waals surface area contributed by atoms with Crippen molar-refractivity contribution in [2.75, 3.05) is 0 Å². The molecular formula is C17H19NOS. The molecule has 2 aromatic rings. The number of benzene rings is 1. The molecule has 2 nitrogen and oxygen atoms in total. The number of rotatable bonds is 4. The molecule has 1 N–H and O–H groups in total. The second kappa shape index (κ2) is 5.80. The Hall–Kier alpha value is -1.61. The maximum Gasteiger partial charge on any atom is 0.230 e. The van der Waals surface area contributed by atoms with Crippen molar-refractivity contribution in [2.45, 2.75) is 37.6 Å². The fourth-order valence-corrected chi connectivity index (χ4v) is 3.78. The van der Waals surface area contributed by atoms with Gasteiger partial charge in [0.15, 0.2) is 0 Å². The largest absolute Gasteiger partial charge is 0.350 e. The number of amides is 1. The van der Waals surface area contributed by atoms with Gasteiger partial charge in [-0.1, -0.05) is 49.2 Å². The number of carbonyl (C=O) groups is 1. The predicted octanol–water partition coefficient (Wildman–Crippen LogP) is 3.88. The maximum atomic E-state index is 12.8. The number of thiophene rings is 1. The van der Waals surface area contributed by atoms with Crippen LogP contribution in [0.4, 0.5) is 0 Å². The summed E-state index contributed by atoms with van der Waals surface area (Å²) in [5.41, 5.74) is 0.861. The highest BCUT2D eigenvalue weighted by molar-refractivity contribution is 7.09. The Morgan fingerprint density at radius 2 is 1.85 bits per heavy atom. The van der Waals surface area contributed by atoms with Crippen molar-refractivity contribution in [3.63, 3.8) is 0 Å². The van der Waals surface area contributed by atoms with Crippen molar-refractivity contribution in [1.29, 1.82) is 0 Å². The summed E-state index contributed by atoms with van der Waals surface area (Å²) in [6, 6.07) is 14.3. The highest BCUT2D eigenvalue weighted by Crippen LogP contribution is 2.41. The van der Waals surface area contributed by atoms with E-state index in [-0.39, 0.29) is 11.3 Å². The molecule has 1 aromatic carbocycles. The SMILES string of the molecule is O=C(NCc1cccs1)C1(c2ccccc2)CCCC1. The van der Waals surface area contributed by atoms with Crippen LogP contribution >= 0.6 is 11.3 Å². The van der Waals surface area contributed by atoms with E-state index < -0.39 is 0 Å². The molecule has 0 radical (unpaired) electrons. The molecule has 0 spiro atoms. The predicted molar refractivity (Wildman–Crippen MR) is 82.8 cm³/mol. The molecule has 0 unspecified atom stereocenters. The topological polar surface area (TPSA) is 29.1 Å². The normalized spacial score (nSPS) is 17.0. The molecule has 1 aliphatic rings. The van der Waals surface area contributed by atoms with Crippen molar-refractivity contribution in [2.24, 2.45) is 0 Å². The highest BCUT2D eigenvalue weighted by Gasteiger charge is 2.42. The lowest BCUT2D eigenvalue weighted by molar-refractivity contribution is -0.126. The first-order valence-electron chi connectivity index (χ1n) is 7.17. The molecule has 1 heterocycles.